The normalized spacial score (nSPS) is 26.6. The lowest BCUT2D eigenvalue weighted by Gasteiger charge is -2.36. The molecule has 6 unspecified atom stereocenters. The first kappa shape index (κ1) is 41.4. The van der Waals surface area contributed by atoms with Crippen molar-refractivity contribution in [2.75, 3.05) is 6.54 Å². The van der Waals surface area contributed by atoms with Gasteiger partial charge in [0.25, 0.3) is 0 Å². The van der Waals surface area contributed by atoms with Gasteiger partial charge in [0.1, 0.15) is 17.3 Å². The Bertz CT molecular complexity index is 2990. The second-order valence-corrected chi connectivity index (χ2v) is 20.2. The van der Waals surface area contributed by atoms with Crippen molar-refractivity contribution < 1.29 is 4.74 Å². The second-order valence-electron chi connectivity index (χ2n) is 20.2. The fraction of sp³-hybridized carbons (Fsp3) is 0.306. The van der Waals surface area contributed by atoms with Crippen LogP contribution in [-0.4, -0.2) is 32.4 Å². The maximum absolute atomic E-state index is 7.01. The Morgan fingerprint density at radius 2 is 1.49 bits per heavy atom. The number of hydrogen-bond acceptors (Lipinski definition) is 6. The van der Waals surface area contributed by atoms with Crippen LogP contribution in [-0.2, 0) is 0 Å². The minimum Gasteiger partial charge on any atom is -0.461 e. The van der Waals surface area contributed by atoms with Crippen LogP contribution in [0.5, 0.6) is 5.75 Å². The highest BCUT2D eigenvalue weighted by atomic mass is 16.5. The molecule has 0 fully saturated rings. The molecular weight excluding hydrogens is 831 g/mol. The Morgan fingerprint density at radius 1 is 0.647 bits per heavy atom. The first-order chi connectivity index (χ1) is 33.7. The minimum absolute atomic E-state index is 0.123. The molecule has 6 heteroatoms. The lowest BCUT2D eigenvalue weighted by Crippen LogP contribution is -2.38. The van der Waals surface area contributed by atoms with Crippen molar-refractivity contribution in [3.63, 3.8) is 0 Å². The minimum atomic E-state index is 0.123. The number of dihydropyridines is 1. The van der Waals surface area contributed by atoms with E-state index in [1.54, 1.807) is 0 Å². The molecule has 1 N–H and O–H groups in total. The summed E-state index contributed by atoms with van der Waals surface area (Å²) < 4.78 is 7.01. The summed E-state index contributed by atoms with van der Waals surface area (Å²) in [6, 6.07) is 25.3. The van der Waals surface area contributed by atoms with Crippen LogP contribution in [0.1, 0.15) is 117 Å². The monoisotopic (exact) mass is 889 g/mol. The molecule has 13 rings (SSSR count). The van der Waals surface area contributed by atoms with Gasteiger partial charge >= 0.3 is 0 Å². The van der Waals surface area contributed by atoms with Crippen LogP contribution in [0, 0.1) is 17.8 Å². The third kappa shape index (κ3) is 7.53. The van der Waals surface area contributed by atoms with E-state index < -0.39 is 0 Å². The summed E-state index contributed by atoms with van der Waals surface area (Å²) in [5.41, 5.74) is 13.9. The van der Waals surface area contributed by atoms with E-state index in [2.05, 4.69) is 168 Å². The van der Waals surface area contributed by atoms with Crippen molar-refractivity contribution in [1.82, 2.24) is 25.2 Å². The summed E-state index contributed by atoms with van der Waals surface area (Å²) in [7, 11) is 0. The lowest BCUT2D eigenvalue weighted by atomic mass is 9.69. The van der Waals surface area contributed by atoms with E-state index in [4.69, 9.17) is 19.7 Å². The molecule has 3 aromatic carbocycles. The standard InChI is InChI=1S/C62H59N5O/c1-6-18-40(19-7-1)45-34-46(41-20-8-2-9-21-41)36-47(35-45)44-31-32-49(53(37-44)61-65-59(42-22-10-3-11-23-42)64-60(66-61)43-24-12-4-13-25-43)50-28-16-30-56-58(50)54-38-52-51-29-17-33-63-62(51)67(48-26-14-5-15-27-48)55(52)39-57(54)68-56/h1-4,6-8,10,12,14,16-19,22,24,26-32,35,37,39,41,46-47,52,54-55,63H,5,9,11,13,15,20-21,23,25,33-34,36,38H2. The van der Waals surface area contributed by atoms with E-state index in [1.807, 2.05) is 0 Å². The number of hydrogen-bond donors (Lipinski definition) is 1. The first-order valence-electron chi connectivity index (χ1n) is 25.6. The van der Waals surface area contributed by atoms with Crippen LogP contribution in [0.2, 0.25) is 0 Å². The molecule has 0 amide bonds. The number of nitrogens with zero attached hydrogens (tertiary/aromatic N) is 4. The van der Waals surface area contributed by atoms with Crippen LogP contribution >= 0.6 is 0 Å². The van der Waals surface area contributed by atoms with E-state index in [-0.39, 0.29) is 17.9 Å². The fourth-order valence-corrected chi connectivity index (χ4v) is 12.8. The molecule has 9 aliphatic rings. The predicted molar refractivity (Wildman–Crippen MR) is 276 cm³/mol. The molecule has 3 aliphatic heterocycles. The summed E-state index contributed by atoms with van der Waals surface area (Å²) in [4.78, 5) is 18.8. The second kappa shape index (κ2) is 17.7. The summed E-state index contributed by atoms with van der Waals surface area (Å²) in [6.07, 6.45) is 47.6. The van der Waals surface area contributed by atoms with Gasteiger partial charge in [0, 0.05) is 41.1 Å². The zero-order valence-corrected chi connectivity index (χ0v) is 38.9. The molecule has 0 bridgehead atoms. The molecule has 4 heterocycles. The number of aromatic nitrogens is 3. The Morgan fingerprint density at radius 3 is 2.25 bits per heavy atom. The van der Waals surface area contributed by atoms with Crippen molar-refractivity contribution in [3.05, 3.63) is 209 Å². The maximum atomic E-state index is 7.01. The largest absolute Gasteiger partial charge is 0.461 e. The molecule has 6 aliphatic carbocycles. The van der Waals surface area contributed by atoms with Gasteiger partial charge in [0.15, 0.2) is 17.5 Å². The van der Waals surface area contributed by atoms with Gasteiger partial charge in [-0.3, -0.25) is 0 Å². The van der Waals surface area contributed by atoms with Gasteiger partial charge in [-0.15, -0.1) is 0 Å². The molecule has 0 saturated carbocycles. The summed E-state index contributed by atoms with van der Waals surface area (Å²) in [5, 5.41) is 3.79. The number of rotatable bonds is 8. The van der Waals surface area contributed by atoms with Gasteiger partial charge in [-0.25, -0.2) is 15.0 Å². The predicted octanol–water partition coefficient (Wildman–Crippen LogP) is 14.3. The fourth-order valence-electron chi connectivity index (χ4n) is 12.8. The zero-order chi connectivity index (χ0) is 45.0. The Hall–Kier alpha value is -6.79. The third-order valence-electron chi connectivity index (χ3n) is 16.2. The van der Waals surface area contributed by atoms with Crippen molar-refractivity contribution in [2.45, 2.75) is 94.9 Å². The highest BCUT2D eigenvalue weighted by molar-refractivity contribution is 5.86. The summed E-state index contributed by atoms with van der Waals surface area (Å²) in [5.74, 6) is 7.62. The van der Waals surface area contributed by atoms with Crippen LogP contribution in [0.25, 0.3) is 39.2 Å². The summed E-state index contributed by atoms with van der Waals surface area (Å²) >= 11 is 0. The highest BCUT2D eigenvalue weighted by Crippen LogP contribution is 2.56. The number of benzene rings is 3. The molecule has 0 spiro atoms. The zero-order valence-electron chi connectivity index (χ0n) is 38.9. The van der Waals surface area contributed by atoms with Gasteiger partial charge in [-0.05, 0) is 158 Å². The topological polar surface area (TPSA) is 63.2 Å². The molecular formula is C62H59N5O. The van der Waals surface area contributed by atoms with Gasteiger partial charge in [-0.1, -0.05) is 134 Å². The Kier molecular flexibility index (Phi) is 10.8. The molecule has 68 heavy (non-hydrogen) atoms. The van der Waals surface area contributed by atoms with Crippen LogP contribution in [0.3, 0.4) is 0 Å². The third-order valence-corrected chi connectivity index (χ3v) is 16.2. The SMILES string of the molecule is C1=CCCC(c2nc(C3=CC=CCC3)nc(-c3cc(C4C=C(c5ccccc5)CC(C5CC=CCC5)C4)ccc3-c3cccc4c3C3CC5C6=C(NCC=C6)N(C6=CCCC=C6)C5C=C3O4)n2)=C1. The number of nitrogens with one attached hydrogen (secondary N) is 1. The average Bonchev–Trinajstić information content (AvgIpc) is 3.95. The van der Waals surface area contributed by atoms with E-state index >= 15 is 0 Å². The first-order valence-corrected chi connectivity index (χ1v) is 25.6. The van der Waals surface area contributed by atoms with E-state index in [1.165, 1.54) is 75.3 Å². The van der Waals surface area contributed by atoms with Crippen molar-refractivity contribution >= 4 is 16.7 Å². The van der Waals surface area contributed by atoms with Gasteiger partial charge < -0.3 is 15.0 Å². The van der Waals surface area contributed by atoms with E-state index in [0.29, 0.717) is 17.8 Å². The van der Waals surface area contributed by atoms with Gasteiger partial charge in [-0.2, -0.15) is 0 Å². The van der Waals surface area contributed by atoms with Crippen LogP contribution in [0.15, 0.2) is 181 Å². The number of ether oxygens (including phenoxy) is 1. The quantitative estimate of drug-likeness (QED) is 0.178. The highest BCUT2D eigenvalue weighted by Gasteiger charge is 2.48. The molecule has 4 aromatic rings. The molecule has 0 saturated heterocycles. The van der Waals surface area contributed by atoms with Gasteiger partial charge in [0.2, 0.25) is 0 Å². The average molecular weight is 890 g/mol. The van der Waals surface area contributed by atoms with Crippen LogP contribution < -0.4 is 10.1 Å². The van der Waals surface area contributed by atoms with Crippen LogP contribution in [0.4, 0.5) is 0 Å². The summed E-state index contributed by atoms with van der Waals surface area (Å²) in [6.45, 7) is 0.847. The number of fused-ring (bicyclic) bond motifs is 5. The Labute approximate surface area is 401 Å². The maximum Gasteiger partial charge on any atom is 0.164 e. The molecule has 0 radical (unpaired) electrons. The molecule has 6 atom stereocenters. The van der Waals surface area contributed by atoms with E-state index in [0.717, 1.165) is 104 Å². The molecule has 338 valence electrons. The smallest absolute Gasteiger partial charge is 0.164 e. The Balaban J connectivity index is 0.967. The van der Waals surface area contributed by atoms with Gasteiger partial charge in [0.05, 0.1) is 6.04 Å². The lowest BCUT2D eigenvalue weighted by molar-refractivity contribution is 0.281. The van der Waals surface area contributed by atoms with Crippen molar-refractivity contribution in [3.8, 4) is 28.3 Å². The molecule has 6 nitrogen and oxygen atoms in total. The van der Waals surface area contributed by atoms with E-state index in [9.17, 15) is 0 Å². The van der Waals surface area contributed by atoms with Crippen molar-refractivity contribution in [1.29, 1.82) is 0 Å². The molecule has 1 aromatic heterocycles. The number of allylic oxidation sites excluding steroid dienone is 17. The van der Waals surface area contributed by atoms with Crippen molar-refractivity contribution in [2.24, 2.45) is 17.8 Å².